The second-order valence-corrected chi connectivity index (χ2v) is 8.42. The summed E-state index contributed by atoms with van der Waals surface area (Å²) >= 11 is 0. The highest BCUT2D eigenvalue weighted by atomic mass is 16.4. The molecule has 1 rings (SSSR count). The monoisotopic (exact) mass is 402 g/mol. The highest BCUT2D eigenvalue weighted by molar-refractivity contribution is 5.71. The number of rotatable bonds is 17. The second kappa shape index (κ2) is 15.3. The smallest absolute Gasteiger partial charge is 0.309 e. The Morgan fingerprint density at radius 3 is 1.97 bits per heavy atom. The van der Waals surface area contributed by atoms with Crippen LogP contribution in [-0.4, -0.2) is 16.2 Å². The number of carboxylic acids is 1. The molecule has 2 N–H and O–H groups in total. The van der Waals surface area contributed by atoms with Gasteiger partial charge in [0, 0.05) is 0 Å². The number of unbranched alkanes of at least 4 members (excludes halogenated alkanes) is 10. The molecule has 0 aromatic heterocycles. The van der Waals surface area contributed by atoms with Gasteiger partial charge in [0.2, 0.25) is 0 Å². The number of allylic oxidation sites excluding steroid dienone is 2. The van der Waals surface area contributed by atoms with Crippen LogP contribution in [0.1, 0.15) is 103 Å². The number of aliphatic carboxylic acids is 1. The van der Waals surface area contributed by atoms with Crippen LogP contribution < -0.4 is 0 Å². The largest absolute Gasteiger partial charge is 0.481 e. The first kappa shape index (κ1) is 25.4. The summed E-state index contributed by atoms with van der Waals surface area (Å²) in [6.07, 6.45) is 19.6. The Labute approximate surface area is 178 Å². The van der Waals surface area contributed by atoms with Crippen molar-refractivity contribution in [3.63, 3.8) is 0 Å². The lowest BCUT2D eigenvalue weighted by molar-refractivity contribution is -0.152. The minimum absolute atomic E-state index is 0.505. The normalized spacial score (nSPS) is 14.7. The summed E-state index contributed by atoms with van der Waals surface area (Å²) in [5, 5.41) is 20.4. The van der Waals surface area contributed by atoms with Crippen molar-refractivity contribution in [2.75, 3.05) is 0 Å². The number of aliphatic hydroxyl groups is 1. The van der Waals surface area contributed by atoms with Crippen LogP contribution in [0.25, 0.3) is 0 Å². The van der Waals surface area contributed by atoms with Crippen LogP contribution in [0.2, 0.25) is 0 Å². The lowest BCUT2D eigenvalue weighted by Gasteiger charge is -2.30. The Bertz CT molecular complexity index is 563. The molecule has 0 heterocycles. The van der Waals surface area contributed by atoms with E-state index in [0.29, 0.717) is 12.0 Å². The average Bonchev–Trinajstić information content (AvgIpc) is 2.71. The third kappa shape index (κ3) is 10.7. The van der Waals surface area contributed by atoms with E-state index in [0.717, 1.165) is 32.1 Å². The van der Waals surface area contributed by atoms with E-state index in [9.17, 15) is 15.0 Å². The van der Waals surface area contributed by atoms with Gasteiger partial charge in [-0.3, -0.25) is 4.79 Å². The van der Waals surface area contributed by atoms with Gasteiger partial charge in [0.15, 0.2) is 0 Å². The van der Waals surface area contributed by atoms with E-state index in [-0.39, 0.29) is 0 Å². The van der Waals surface area contributed by atoms with Crippen LogP contribution in [0, 0.1) is 5.92 Å². The predicted molar refractivity (Wildman–Crippen MR) is 122 cm³/mol. The Balaban J connectivity index is 2.16. The minimum Gasteiger partial charge on any atom is -0.481 e. The standard InChI is InChI=1S/C26H42O3/c1-3-4-5-6-7-8-9-10-11-12-13-14-15-19-22-24(25(27)28)26(2,29)23-20-17-16-18-21-23/h10-11,16-18,20-21,24,29H,3-9,12-15,19,22H2,1-2H3,(H,27,28)/b11-10-. The lowest BCUT2D eigenvalue weighted by atomic mass is 9.80. The topological polar surface area (TPSA) is 57.5 Å². The van der Waals surface area contributed by atoms with Crippen LogP contribution in [0.5, 0.6) is 0 Å². The highest BCUT2D eigenvalue weighted by Crippen LogP contribution is 2.33. The first-order valence-electron chi connectivity index (χ1n) is 11.7. The van der Waals surface area contributed by atoms with Crippen LogP contribution in [0.4, 0.5) is 0 Å². The molecule has 0 spiro atoms. The van der Waals surface area contributed by atoms with Crippen molar-refractivity contribution in [2.45, 2.75) is 103 Å². The first-order valence-corrected chi connectivity index (χ1v) is 11.7. The number of carbonyl (C=O) groups is 1. The molecule has 2 unspecified atom stereocenters. The molecule has 1 aromatic rings. The fraction of sp³-hybridized carbons (Fsp3) is 0.654. The zero-order chi connectivity index (χ0) is 21.4. The fourth-order valence-corrected chi connectivity index (χ4v) is 3.86. The molecule has 0 bridgehead atoms. The van der Waals surface area contributed by atoms with Gasteiger partial charge in [-0.1, -0.05) is 101 Å². The summed E-state index contributed by atoms with van der Waals surface area (Å²) in [4.78, 5) is 11.7. The van der Waals surface area contributed by atoms with Gasteiger partial charge >= 0.3 is 5.97 Å². The predicted octanol–water partition coefficient (Wildman–Crippen LogP) is 7.24. The molecular weight excluding hydrogens is 360 g/mol. The minimum atomic E-state index is -1.34. The van der Waals surface area contributed by atoms with Crippen molar-refractivity contribution in [3.05, 3.63) is 48.0 Å². The van der Waals surface area contributed by atoms with E-state index in [2.05, 4.69) is 19.1 Å². The molecule has 0 aliphatic heterocycles. The lowest BCUT2D eigenvalue weighted by Crippen LogP contribution is -2.37. The summed E-state index contributed by atoms with van der Waals surface area (Å²) in [6, 6.07) is 9.14. The SMILES string of the molecule is CCCCCCCC/C=C\CCCCCCC(C(=O)O)C(C)(O)c1ccccc1. The summed E-state index contributed by atoms with van der Waals surface area (Å²) in [5.74, 6) is -1.70. The van der Waals surface area contributed by atoms with E-state index in [4.69, 9.17) is 0 Å². The maximum Gasteiger partial charge on any atom is 0.309 e. The Morgan fingerprint density at radius 1 is 0.897 bits per heavy atom. The molecule has 29 heavy (non-hydrogen) atoms. The molecule has 0 aliphatic rings. The van der Waals surface area contributed by atoms with Gasteiger partial charge in [0.1, 0.15) is 5.60 Å². The highest BCUT2D eigenvalue weighted by Gasteiger charge is 2.38. The molecule has 0 amide bonds. The quantitative estimate of drug-likeness (QED) is 0.213. The van der Waals surface area contributed by atoms with E-state index < -0.39 is 17.5 Å². The van der Waals surface area contributed by atoms with Gasteiger partial charge in [0.05, 0.1) is 5.92 Å². The zero-order valence-electron chi connectivity index (χ0n) is 18.6. The van der Waals surface area contributed by atoms with Crippen LogP contribution in [0.15, 0.2) is 42.5 Å². The van der Waals surface area contributed by atoms with Gasteiger partial charge in [-0.05, 0) is 44.6 Å². The van der Waals surface area contributed by atoms with Crippen LogP contribution in [0.3, 0.4) is 0 Å². The molecule has 0 saturated heterocycles. The first-order chi connectivity index (χ1) is 14.0. The third-order valence-corrected chi connectivity index (χ3v) is 5.84. The molecule has 3 nitrogen and oxygen atoms in total. The number of carboxylic acid groups (broad SMARTS) is 1. The van der Waals surface area contributed by atoms with Gasteiger partial charge in [-0.25, -0.2) is 0 Å². The summed E-state index contributed by atoms with van der Waals surface area (Å²) in [7, 11) is 0. The molecule has 0 radical (unpaired) electrons. The van der Waals surface area contributed by atoms with E-state index >= 15 is 0 Å². The second-order valence-electron chi connectivity index (χ2n) is 8.42. The fourth-order valence-electron chi connectivity index (χ4n) is 3.86. The maximum absolute atomic E-state index is 11.7. The van der Waals surface area contributed by atoms with Crippen LogP contribution >= 0.6 is 0 Å². The summed E-state index contributed by atoms with van der Waals surface area (Å²) < 4.78 is 0. The maximum atomic E-state index is 11.7. The number of hydrogen-bond acceptors (Lipinski definition) is 2. The number of hydrogen-bond donors (Lipinski definition) is 2. The summed E-state index contributed by atoms with van der Waals surface area (Å²) in [6.45, 7) is 3.87. The van der Waals surface area contributed by atoms with Crippen molar-refractivity contribution in [1.29, 1.82) is 0 Å². The van der Waals surface area contributed by atoms with Gasteiger partial charge < -0.3 is 10.2 Å². The van der Waals surface area contributed by atoms with E-state index in [1.165, 1.54) is 44.9 Å². The van der Waals surface area contributed by atoms with Crippen molar-refractivity contribution in [1.82, 2.24) is 0 Å². The van der Waals surface area contributed by atoms with Crippen molar-refractivity contribution in [2.24, 2.45) is 5.92 Å². The van der Waals surface area contributed by atoms with Crippen molar-refractivity contribution >= 4 is 5.97 Å². The molecule has 1 aromatic carbocycles. The van der Waals surface area contributed by atoms with E-state index in [1.807, 2.05) is 18.2 Å². The van der Waals surface area contributed by atoms with E-state index in [1.54, 1.807) is 19.1 Å². The van der Waals surface area contributed by atoms with Gasteiger partial charge in [0.25, 0.3) is 0 Å². The average molecular weight is 403 g/mol. The number of benzene rings is 1. The Morgan fingerprint density at radius 2 is 1.41 bits per heavy atom. The molecular formula is C26H42O3. The van der Waals surface area contributed by atoms with Crippen LogP contribution in [-0.2, 0) is 10.4 Å². The molecule has 0 saturated carbocycles. The van der Waals surface area contributed by atoms with Crippen molar-refractivity contribution < 1.29 is 15.0 Å². The molecule has 2 atom stereocenters. The zero-order valence-corrected chi connectivity index (χ0v) is 18.6. The van der Waals surface area contributed by atoms with Crippen molar-refractivity contribution in [3.8, 4) is 0 Å². The summed E-state index contributed by atoms with van der Waals surface area (Å²) in [5.41, 5.74) is -0.672. The van der Waals surface area contributed by atoms with Gasteiger partial charge in [-0.2, -0.15) is 0 Å². The Kier molecular flexibility index (Phi) is 13.4. The third-order valence-electron chi connectivity index (χ3n) is 5.84. The van der Waals surface area contributed by atoms with Gasteiger partial charge in [-0.15, -0.1) is 0 Å². The molecule has 0 fully saturated rings. The molecule has 164 valence electrons. The molecule has 0 aliphatic carbocycles. The Hall–Kier alpha value is -1.61. The molecule has 3 heteroatoms.